The Morgan fingerprint density at radius 2 is 2.09 bits per heavy atom. The Hall–Kier alpha value is -2.21. The van der Waals surface area contributed by atoms with Crippen LogP contribution in [0.5, 0.6) is 0 Å². The summed E-state index contributed by atoms with van der Waals surface area (Å²) in [7, 11) is 0. The highest BCUT2D eigenvalue weighted by Crippen LogP contribution is 2.19. The second kappa shape index (κ2) is 6.91. The number of carbonyl (C=O) groups is 1. The Labute approximate surface area is 135 Å². The van der Waals surface area contributed by atoms with Gasteiger partial charge in [0.1, 0.15) is 5.69 Å². The second-order valence-corrected chi connectivity index (χ2v) is 6.19. The monoisotopic (exact) mass is 314 g/mol. The van der Waals surface area contributed by atoms with Crippen LogP contribution in [0.1, 0.15) is 35.9 Å². The predicted molar refractivity (Wildman–Crippen MR) is 86.1 cm³/mol. The highest BCUT2D eigenvalue weighted by Gasteiger charge is 2.30. The number of nitrogens with zero attached hydrogens (tertiary/aromatic N) is 3. The Balaban J connectivity index is 1.66. The lowest BCUT2D eigenvalue weighted by molar-refractivity contribution is 0.0912. The summed E-state index contributed by atoms with van der Waals surface area (Å²) in [6, 6.07) is 5.93. The van der Waals surface area contributed by atoms with E-state index >= 15 is 0 Å². The lowest BCUT2D eigenvalue weighted by atomic mass is 9.95. The Morgan fingerprint density at radius 3 is 2.83 bits per heavy atom. The van der Waals surface area contributed by atoms with Gasteiger partial charge in [0.05, 0.1) is 19.3 Å². The predicted octanol–water partition coefficient (Wildman–Crippen LogP) is 1.85. The van der Waals surface area contributed by atoms with E-state index in [1.54, 1.807) is 29.3 Å². The summed E-state index contributed by atoms with van der Waals surface area (Å²) < 4.78 is 7.32. The van der Waals surface area contributed by atoms with Crippen molar-refractivity contribution in [2.75, 3.05) is 13.2 Å². The number of ether oxygens (including phenoxy) is 1. The molecule has 0 saturated carbocycles. The average Bonchev–Trinajstić information content (AvgIpc) is 3.18. The van der Waals surface area contributed by atoms with Gasteiger partial charge in [-0.25, -0.2) is 0 Å². The van der Waals surface area contributed by atoms with Crippen LogP contribution in [0.3, 0.4) is 0 Å². The van der Waals surface area contributed by atoms with Gasteiger partial charge in [0.15, 0.2) is 0 Å². The van der Waals surface area contributed by atoms with Crippen molar-refractivity contribution >= 4 is 5.91 Å². The molecule has 23 heavy (non-hydrogen) atoms. The van der Waals surface area contributed by atoms with Crippen LogP contribution in [-0.2, 0) is 11.2 Å². The summed E-state index contributed by atoms with van der Waals surface area (Å²) in [6.07, 6.45) is 6.12. The summed E-state index contributed by atoms with van der Waals surface area (Å²) in [6.45, 7) is 5.23. The van der Waals surface area contributed by atoms with Crippen molar-refractivity contribution in [2.24, 2.45) is 5.92 Å². The highest BCUT2D eigenvalue weighted by atomic mass is 16.5. The van der Waals surface area contributed by atoms with Gasteiger partial charge in [-0.15, -0.1) is 0 Å². The molecule has 2 aromatic rings. The summed E-state index contributed by atoms with van der Waals surface area (Å²) in [5, 5.41) is 7.32. The van der Waals surface area contributed by atoms with E-state index in [-0.39, 0.29) is 23.9 Å². The molecular formula is C17H22N4O2. The van der Waals surface area contributed by atoms with E-state index < -0.39 is 0 Å². The first-order valence-corrected chi connectivity index (χ1v) is 7.96. The molecule has 6 heteroatoms. The Kier molecular flexibility index (Phi) is 4.71. The fraction of sp³-hybridized carbons (Fsp3) is 0.471. The summed E-state index contributed by atoms with van der Waals surface area (Å²) in [5.74, 6) is 0.184. The molecule has 6 nitrogen and oxygen atoms in total. The largest absolute Gasteiger partial charge is 0.379 e. The standard InChI is InChI=1S/C17H22N4O2/c1-12(2)21-16(5-8-19-21)17(22)20-15-11-23-10-14(15)9-13-3-6-18-7-4-13/h3-8,12,14-15H,9-11H2,1-2H3,(H,20,22)/t14-,15+/m1/s1. The topological polar surface area (TPSA) is 69.0 Å². The molecule has 0 unspecified atom stereocenters. The molecule has 3 heterocycles. The van der Waals surface area contributed by atoms with Gasteiger partial charge in [0.25, 0.3) is 5.91 Å². The lowest BCUT2D eigenvalue weighted by Gasteiger charge is -2.20. The average molecular weight is 314 g/mol. The molecule has 0 radical (unpaired) electrons. The SMILES string of the molecule is CC(C)n1nccc1C(=O)N[C@H]1COC[C@H]1Cc1ccncc1. The highest BCUT2D eigenvalue weighted by molar-refractivity contribution is 5.92. The number of pyridine rings is 1. The Bertz CT molecular complexity index is 654. The zero-order valence-electron chi connectivity index (χ0n) is 13.5. The molecule has 0 spiro atoms. The number of aromatic nitrogens is 3. The van der Waals surface area contributed by atoms with Crippen LogP contribution in [0, 0.1) is 5.92 Å². The molecule has 3 rings (SSSR count). The van der Waals surface area contributed by atoms with Crippen molar-refractivity contribution in [2.45, 2.75) is 32.4 Å². The first-order valence-electron chi connectivity index (χ1n) is 7.96. The number of carbonyl (C=O) groups excluding carboxylic acids is 1. The number of amides is 1. The van der Waals surface area contributed by atoms with Crippen molar-refractivity contribution in [1.82, 2.24) is 20.1 Å². The lowest BCUT2D eigenvalue weighted by Crippen LogP contribution is -2.41. The van der Waals surface area contributed by atoms with Crippen molar-refractivity contribution in [1.29, 1.82) is 0 Å². The van der Waals surface area contributed by atoms with E-state index in [0.29, 0.717) is 18.9 Å². The van der Waals surface area contributed by atoms with Gasteiger partial charge in [0, 0.05) is 30.6 Å². The van der Waals surface area contributed by atoms with E-state index in [2.05, 4.69) is 15.4 Å². The van der Waals surface area contributed by atoms with E-state index in [1.807, 2.05) is 26.0 Å². The first-order chi connectivity index (χ1) is 11.1. The van der Waals surface area contributed by atoms with Crippen LogP contribution < -0.4 is 5.32 Å². The van der Waals surface area contributed by atoms with Crippen LogP contribution in [0.2, 0.25) is 0 Å². The summed E-state index contributed by atoms with van der Waals surface area (Å²) >= 11 is 0. The van der Waals surface area contributed by atoms with Gasteiger partial charge in [-0.3, -0.25) is 14.5 Å². The quantitative estimate of drug-likeness (QED) is 0.914. The van der Waals surface area contributed by atoms with Crippen LogP contribution in [0.4, 0.5) is 0 Å². The third-order valence-electron chi connectivity index (χ3n) is 4.15. The molecule has 1 aliphatic rings. The van der Waals surface area contributed by atoms with Crippen molar-refractivity contribution in [3.8, 4) is 0 Å². The second-order valence-electron chi connectivity index (χ2n) is 6.19. The summed E-state index contributed by atoms with van der Waals surface area (Å²) in [5.41, 5.74) is 1.80. The van der Waals surface area contributed by atoms with Gasteiger partial charge < -0.3 is 10.1 Å². The van der Waals surface area contributed by atoms with Crippen LogP contribution >= 0.6 is 0 Å². The van der Waals surface area contributed by atoms with E-state index in [1.165, 1.54) is 5.56 Å². The maximum atomic E-state index is 12.5. The smallest absolute Gasteiger partial charge is 0.269 e. The zero-order chi connectivity index (χ0) is 16.2. The van der Waals surface area contributed by atoms with Crippen molar-refractivity contribution < 1.29 is 9.53 Å². The van der Waals surface area contributed by atoms with Gasteiger partial charge in [-0.05, 0) is 44.0 Å². The molecule has 122 valence electrons. The molecule has 0 aromatic carbocycles. The summed E-state index contributed by atoms with van der Waals surface area (Å²) in [4.78, 5) is 16.6. The van der Waals surface area contributed by atoms with E-state index in [0.717, 1.165) is 6.42 Å². The molecule has 1 amide bonds. The minimum absolute atomic E-state index is 0.0196. The molecule has 1 saturated heterocycles. The van der Waals surface area contributed by atoms with Gasteiger partial charge in [0.2, 0.25) is 0 Å². The van der Waals surface area contributed by atoms with Crippen LogP contribution in [0.15, 0.2) is 36.8 Å². The number of nitrogens with one attached hydrogen (secondary N) is 1. The first kappa shape index (κ1) is 15.7. The minimum atomic E-state index is -0.0913. The molecule has 2 atom stereocenters. The molecule has 1 fully saturated rings. The molecular weight excluding hydrogens is 292 g/mol. The number of rotatable bonds is 5. The van der Waals surface area contributed by atoms with E-state index in [4.69, 9.17) is 4.74 Å². The molecule has 1 aliphatic heterocycles. The van der Waals surface area contributed by atoms with E-state index in [9.17, 15) is 4.79 Å². The minimum Gasteiger partial charge on any atom is -0.379 e. The Morgan fingerprint density at radius 1 is 1.30 bits per heavy atom. The molecule has 1 N–H and O–H groups in total. The zero-order valence-corrected chi connectivity index (χ0v) is 13.5. The molecule has 2 aromatic heterocycles. The van der Waals surface area contributed by atoms with Gasteiger partial charge in [-0.1, -0.05) is 0 Å². The maximum Gasteiger partial charge on any atom is 0.269 e. The fourth-order valence-electron chi connectivity index (χ4n) is 2.93. The number of hydrogen-bond acceptors (Lipinski definition) is 4. The third kappa shape index (κ3) is 3.59. The maximum absolute atomic E-state index is 12.5. The normalized spacial score (nSPS) is 20.8. The third-order valence-corrected chi connectivity index (χ3v) is 4.15. The fourth-order valence-corrected chi connectivity index (χ4v) is 2.93. The van der Waals surface area contributed by atoms with Crippen molar-refractivity contribution in [3.63, 3.8) is 0 Å². The number of hydrogen-bond donors (Lipinski definition) is 1. The van der Waals surface area contributed by atoms with Crippen molar-refractivity contribution in [3.05, 3.63) is 48.0 Å². The molecule has 0 bridgehead atoms. The van der Waals surface area contributed by atoms with Gasteiger partial charge in [-0.2, -0.15) is 5.10 Å². The van der Waals surface area contributed by atoms with Crippen LogP contribution in [0.25, 0.3) is 0 Å². The van der Waals surface area contributed by atoms with Crippen LogP contribution in [-0.4, -0.2) is 39.9 Å². The van der Waals surface area contributed by atoms with Gasteiger partial charge >= 0.3 is 0 Å². The molecule has 0 aliphatic carbocycles.